The summed E-state index contributed by atoms with van der Waals surface area (Å²) < 4.78 is 23.2. The number of methoxy groups -OCH3 is 1. The van der Waals surface area contributed by atoms with Gasteiger partial charge in [-0.25, -0.2) is 0 Å². The van der Waals surface area contributed by atoms with E-state index in [1.54, 1.807) is 39.4 Å². The Morgan fingerprint density at radius 1 is 1.15 bits per heavy atom. The molecule has 11 heteroatoms. The molecule has 10 atom stereocenters. The molecule has 34 heavy (non-hydrogen) atoms. The van der Waals surface area contributed by atoms with Gasteiger partial charge in [-0.3, -0.25) is 4.79 Å². The lowest BCUT2D eigenvalue weighted by molar-refractivity contribution is -0.449. The Labute approximate surface area is 198 Å². The zero-order chi connectivity index (χ0) is 24.6. The Hall–Kier alpha value is -1.83. The average Bonchev–Trinajstić information content (AvgIpc) is 2.80. The van der Waals surface area contributed by atoms with Gasteiger partial charge in [-0.1, -0.05) is 12.1 Å². The van der Waals surface area contributed by atoms with E-state index in [2.05, 4.69) is 16.0 Å². The van der Waals surface area contributed by atoms with Crippen LogP contribution in [0.15, 0.2) is 24.3 Å². The molecule has 1 saturated carbocycles. The zero-order valence-corrected chi connectivity index (χ0v) is 19.8. The molecule has 1 amide bonds. The van der Waals surface area contributed by atoms with E-state index < -0.39 is 54.6 Å². The van der Waals surface area contributed by atoms with Crippen LogP contribution in [-0.4, -0.2) is 103 Å². The van der Waals surface area contributed by atoms with Crippen molar-refractivity contribution < 1.29 is 39.1 Å². The third kappa shape index (κ3) is 4.54. The summed E-state index contributed by atoms with van der Waals surface area (Å²) in [4.78, 5) is 12.9. The Kier molecular flexibility index (Phi) is 7.46. The van der Waals surface area contributed by atoms with Gasteiger partial charge in [0.05, 0.1) is 43.9 Å². The number of fused-ring (bicyclic) bond motifs is 2. The SMILES string of the molecule is CN[C@@H]1[C@H](O)[C@H](NC)C2O[C@]3(O)C(OC2[C@@H]1O)O[C@H](C)C[C@H]3NC(=O)Cc1cccc(OC)c1. The second-order valence-corrected chi connectivity index (χ2v) is 9.21. The van der Waals surface area contributed by atoms with Crippen molar-refractivity contribution in [1.82, 2.24) is 16.0 Å². The van der Waals surface area contributed by atoms with Gasteiger partial charge in [-0.05, 0) is 45.1 Å². The second kappa shape index (κ2) is 10.0. The third-order valence-corrected chi connectivity index (χ3v) is 6.99. The maximum Gasteiger partial charge on any atom is 0.239 e. The van der Waals surface area contributed by atoms with E-state index >= 15 is 0 Å². The first-order valence-electron chi connectivity index (χ1n) is 11.6. The number of likely N-dealkylation sites (N-methyl/N-ethyl adjacent to an activating group) is 2. The molecule has 1 aromatic carbocycles. The van der Waals surface area contributed by atoms with Crippen LogP contribution in [-0.2, 0) is 25.4 Å². The first kappa shape index (κ1) is 25.3. The molecule has 190 valence electrons. The fraction of sp³-hybridized carbons (Fsp3) is 0.696. The third-order valence-electron chi connectivity index (χ3n) is 6.99. The summed E-state index contributed by atoms with van der Waals surface area (Å²) in [6.45, 7) is 1.81. The van der Waals surface area contributed by atoms with Crippen molar-refractivity contribution in [2.75, 3.05) is 21.2 Å². The predicted octanol–water partition coefficient (Wildman–Crippen LogP) is -1.76. The van der Waals surface area contributed by atoms with Crippen LogP contribution >= 0.6 is 0 Å². The molecule has 6 N–H and O–H groups in total. The van der Waals surface area contributed by atoms with Gasteiger partial charge in [0.1, 0.15) is 24.1 Å². The summed E-state index contributed by atoms with van der Waals surface area (Å²) in [5, 5.41) is 42.0. The highest BCUT2D eigenvalue weighted by atomic mass is 16.8. The summed E-state index contributed by atoms with van der Waals surface area (Å²) >= 11 is 0. The van der Waals surface area contributed by atoms with Crippen molar-refractivity contribution in [3.8, 4) is 5.75 Å². The van der Waals surface area contributed by atoms with Gasteiger partial charge in [0, 0.05) is 0 Å². The van der Waals surface area contributed by atoms with Gasteiger partial charge in [0.15, 0.2) is 0 Å². The van der Waals surface area contributed by atoms with Crippen molar-refractivity contribution >= 4 is 5.91 Å². The minimum atomic E-state index is -2.02. The molecule has 0 spiro atoms. The number of benzene rings is 1. The summed E-state index contributed by atoms with van der Waals surface area (Å²) in [7, 11) is 4.85. The normalized spacial score (nSPS) is 41.8. The molecule has 2 saturated heterocycles. The quantitative estimate of drug-likeness (QED) is 0.276. The standard InChI is InChI=1S/C23H35N3O8/c1-11-8-14(26-15(27)10-12-6-5-7-13(9-12)31-4)23(30)22(32-11)33-21-19(29)16(24-2)18(28)17(25-3)20(21)34-23/h5-7,9,11,14,16-22,24-25,28-30H,8,10H2,1-4H3,(H,26,27)/t11-,14-,16-,17+,18+,19-,20?,21?,22?,23+/m1/s1. The van der Waals surface area contributed by atoms with Gasteiger partial charge in [-0.2, -0.15) is 0 Å². The number of carbonyl (C=O) groups excluding carboxylic acids is 1. The largest absolute Gasteiger partial charge is 0.497 e. The molecule has 0 bridgehead atoms. The molecule has 0 radical (unpaired) electrons. The topological polar surface area (TPSA) is 151 Å². The maximum absolute atomic E-state index is 12.9. The first-order valence-corrected chi connectivity index (χ1v) is 11.6. The second-order valence-electron chi connectivity index (χ2n) is 9.21. The van der Waals surface area contributed by atoms with Crippen molar-refractivity contribution in [3.05, 3.63) is 29.8 Å². The van der Waals surface area contributed by atoms with Crippen LogP contribution in [0.5, 0.6) is 5.75 Å². The van der Waals surface area contributed by atoms with Crippen LogP contribution in [0.25, 0.3) is 0 Å². The van der Waals surface area contributed by atoms with Gasteiger partial charge < -0.3 is 50.2 Å². The summed E-state index contributed by atoms with van der Waals surface area (Å²) in [6, 6.07) is 5.02. The monoisotopic (exact) mass is 481 g/mol. The van der Waals surface area contributed by atoms with Crippen LogP contribution in [0.1, 0.15) is 18.9 Å². The Balaban J connectivity index is 1.54. The van der Waals surface area contributed by atoms with E-state index in [-0.39, 0.29) is 24.9 Å². The van der Waals surface area contributed by atoms with Crippen LogP contribution in [0.2, 0.25) is 0 Å². The number of amides is 1. The molecule has 1 aliphatic carbocycles. The van der Waals surface area contributed by atoms with Crippen molar-refractivity contribution in [2.45, 2.75) is 80.5 Å². The molecule has 4 rings (SSSR count). The maximum atomic E-state index is 12.9. The first-order chi connectivity index (χ1) is 16.2. The van der Waals surface area contributed by atoms with E-state index in [0.717, 1.165) is 5.56 Å². The van der Waals surface area contributed by atoms with Crippen molar-refractivity contribution in [3.63, 3.8) is 0 Å². The lowest BCUT2D eigenvalue weighted by Crippen LogP contribution is -2.79. The molecular formula is C23H35N3O8. The zero-order valence-electron chi connectivity index (χ0n) is 19.8. The summed E-state index contributed by atoms with van der Waals surface area (Å²) in [6.07, 6.45) is -5.11. The van der Waals surface area contributed by atoms with Crippen molar-refractivity contribution in [1.29, 1.82) is 0 Å². The van der Waals surface area contributed by atoms with Crippen LogP contribution in [0.3, 0.4) is 0 Å². The van der Waals surface area contributed by atoms with Crippen LogP contribution in [0.4, 0.5) is 0 Å². The number of hydrogen-bond acceptors (Lipinski definition) is 10. The fourth-order valence-corrected chi connectivity index (χ4v) is 5.23. The van der Waals surface area contributed by atoms with Crippen LogP contribution in [0, 0.1) is 0 Å². The number of carbonyl (C=O) groups is 1. The molecule has 1 aromatic rings. The Bertz CT molecular complexity index is 874. The predicted molar refractivity (Wildman–Crippen MR) is 120 cm³/mol. The molecule has 3 fully saturated rings. The lowest BCUT2D eigenvalue weighted by atomic mass is 9.79. The highest BCUT2D eigenvalue weighted by Crippen LogP contribution is 2.42. The van der Waals surface area contributed by atoms with E-state index in [1.807, 2.05) is 13.0 Å². The molecule has 0 aromatic heterocycles. The molecule has 3 unspecified atom stereocenters. The Morgan fingerprint density at radius 2 is 1.88 bits per heavy atom. The minimum Gasteiger partial charge on any atom is -0.497 e. The molecule has 2 heterocycles. The number of hydrogen-bond donors (Lipinski definition) is 6. The van der Waals surface area contributed by atoms with Crippen molar-refractivity contribution in [2.24, 2.45) is 0 Å². The fourth-order valence-electron chi connectivity index (χ4n) is 5.23. The van der Waals surface area contributed by atoms with E-state index in [1.165, 1.54) is 0 Å². The summed E-state index contributed by atoms with van der Waals surface area (Å²) in [5.74, 6) is -1.68. The number of nitrogens with one attached hydrogen (secondary N) is 3. The molecule has 2 aliphatic heterocycles. The van der Waals surface area contributed by atoms with E-state index in [0.29, 0.717) is 5.75 Å². The Morgan fingerprint density at radius 3 is 2.56 bits per heavy atom. The van der Waals surface area contributed by atoms with Gasteiger partial charge in [0.25, 0.3) is 0 Å². The smallest absolute Gasteiger partial charge is 0.239 e. The van der Waals surface area contributed by atoms with Crippen LogP contribution < -0.4 is 20.7 Å². The number of rotatable bonds is 6. The minimum absolute atomic E-state index is 0.0804. The highest BCUT2D eigenvalue weighted by Gasteiger charge is 2.63. The molecule has 3 aliphatic rings. The average molecular weight is 482 g/mol. The van der Waals surface area contributed by atoms with Gasteiger partial charge >= 0.3 is 0 Å². The summed E-state index contributed by atoms with van der Waals surface area (Å²) in [5.41, 5.74) is 0.758. The van der Waals surface area contributed by atoms with Gasteiger partial charge in [0.2, 0.25) is 18.0 Å². The van der Waals surface area contributed by atoms with E-state index in [4.69, 9.17) is 18.9 Å². The lowest BCUT2D eigenvalue weighted by Gasteiger charge is -2.58. The highest BCUT2D eigenvalue weighted by molar-refractivity contribution is 5.79. The number of aliphatic hydroxyl groups is 3. The molecular weight excluding hydrogens is 446 g/mol. The molecule has 11 nitrogen and oxygen atoms in total. The van der Waals surface area contributed by atoms with Gasteiger partial charge in [-0.15, -0.1) is 0 Å². The number of aliphatic hydroxyl groups excluding tert-OH is 2. The number of ether oxygens (including phenoxy) is 4. The van der Waals surface area contributed by atoms with E-state index in [9.17, 15) is 20.1 Å².